The highest BCUT2D eigenvalue weighted by Crippen LogP contribution is 2.13. The maximum Gasteiger partial charge on any atom is 0.274 e. The van der Waals surface area contributed by atoms with Crippen molar-refractivity contribution in [1.82, 2.24) is 9.78 Å². The number of rotatable bonds is 6. The van der Waals surface area contributed by atoms with Crippen LogP contribution in [0.5, 0.6) is 5.75 Å². The summed E-state index contributed by atoms with van der Waals surface area (Å²) in [6, 6.07) is 15.1. The minimum absolute atomic E-state index is 0.100. The second-order valence-electron chi connectivity index (χ2n) is 5.22. The number of hydrogen-bond donors (Lipinski definition) is 0. The predicted molar refractivity (Wildman–Crippen MR) is 94.0 cm³/mol. The van der Waals surface area contributed by atoms with Gasteiger partial charge in [-0.25, -0.2) is 4.68 Å². The Morgan fingerprint density at radius 3 is 2.71 bits per heavy atom. The Labute approximate surface area is 139 Å². The molecule has 0 saturated heterocycles. The SMILES string of the molecule is CO/C=C/c1ccc(OCCn2ncc3ccccc3c2=O)cc1. The monoisotopic (exact) mass is 322 g/mol. The van der Waals surface area contributed by atoms with Gasteiger partial charge in [-0.2, -0.15) is 5.10 Å². The number of ether oxygens (including phenoxy) is 2. The maximum atomic E-state index is 12.3. The molecular formula is C19H18N2O3. The molecule has 0 aliphatic carbocycles. The molecule has 3 rings (SSSR count). The molecule has 0 fully saturated rings. The molecule has 3 aromatic rings. The fraction of sp³-hybridized carbons (Fsp3) is 0.158. The highest BCUT2D eigenvalue weighted by Gasteiger charge is 2.03. The zero-order valence-electron chi connectivity index (χ0n) is 13.4. The number of methoxy groups -OCH3 is 1. The Balaban J connectivity index is 1.63. The van der Waals surface area contributed by atoms with Crippen molar-refractivity contribution in [2.75, 3.05) is 13.7 Å². The van der Waals surface area contributed by atoms with Gasteiger partial charge in [0.25, 0.3) is 5.56 Å². The molecule has 0 bridgehead atoms. The van der Waals surface area contributed by atoms with E-state index in [-0.39, 0.29) is 5.56 Å². The number of fused-ring (bicyclic) bond motifs is 1. The van der Waals surface area contributed by atoms with E-state index in [1.165, 1.54) is 4.68 Å². The lowest BCUT2D eigenvalue weighted by atomic mass is 10.2. The highest BCUT2D eigenvalue weighted by molar-refractivity contribution is 5.80. The number of hydrogen-bond acceptors (Lipinski definition) is 4. The normalized spacial score (nSPS) is 11.0. The average molecular weight is 322 g/mol. The molecule has 0 aliphatic rings. The molecular weight excluding hydrogens is 304 g/mol. The van der Waals surface area contributed by atoms with Crippen LogP contribution in [0.15, 0.2) is 65.8 Å². The van der Waals surface area contributed by atoms with Crippen molar-refractivity contribution in [2.45, 2.75) is 6.54 Å². The smallest absolute Gasteiger partial charge is 0.274 e. The second-order valence-corrected chi connectivity index (χ2v) is 5.22. The Morgan fingerprint density at radius 2 is 1.92 bits per heavy atom. The molecule has 0 unspecified atom stereocenters. The molecule has 1 aromatic heterocycles. The molecule has 0 radical (unpaired) electrons. The van der Waals surface area contributed by atoms with Crippen LogP contribution in [0.1, 0.15) is 5.56 Å². The van der Waals surface area contributed by atoms with Gasteiger partial charge >= 0.3 is 0 Å². The molecule has 2 aromatic carbocycles. The Kier molecular flexibility index (Phi) is 4.91. The molecule has 0 spiro atoms. The quantitative estimate of drug-likeness (QED) is 0.654. The zero-order chi connectivity index (χ0) is 16.8. The molecule has 0 amide bonds. The van der Waals surface area contributed by atoms with Gasteiger partial charge in [0.05, 0.1) is 31.5 Å². The van der Waals surface area contributed by atoms with Crippen molar-refractivity contribution in [2.24, 2.45) is 0 Å². The molecule has 0 aliphatic heterocycles. The first-order valence-electron chi connectivity index (χ1n) is 7.65. The van der Waals surface area contributed by atoms with E-state index >= 15 is 0 Å². The first-order chi connectivity index (χ1) is 11.8. The molecule has 0 saturated carbocycles. The van der Waals surface area contributed by atoms with E-state index in [9.17, 15) is 4.79 Å². The molecule has 1 heterocycles. The van der Waals surface area contributed by atoms with E-state index in [1.54, 1.807) is 19.6 Å². The van der Waals surface area contributed by atoms with Gasteiger partial charge in [-0.15, -0.1) is 0 Å². The summed E-state index contributed by atoms with van der Waals surface area (Å²) < 4.78 is 12.0. The van der Waals surface area contributed by atoms with Crippen molar-refractivity contribution in [3.05, 3.63) is 76.9 Å². The summed E-state index contributed by atoms with van der Waals surface area (Å²) in [6.07, 6.45) is 5.18. The number of benzene rings is 2. The van der Waals surface area contributed by atoms with E-state index in [0.29, 0.717) is 18.5 Å². The Morgan fingerprint density at radius 1 is 1.12 bits per heavy atom. The van der Waals surface area contributed by atoms with Crippen LogP contribution in [0.4, 0.5) is 0 Å². The van der Waals surface area contributed by atoms with Crippen LogP contribution in [0, 0.1) is 0 Å². The van der Waals surface area contributed by atoms with E-state index in [1.807, 2.05) is 54.6 Å². The molecule has 122 valence electrons. The van der Waals surface area contributed by atoms with Crippen LogP contribution in [-0.4, -0.2) is 23.5 Å². The summed E-state index contributed by atoms with van der Waals surface area (Å²) in [4.78, 5) is 12.3. The van der Waals surface area contributed by atoms with E-state index in [2.05, 4.69) is 5.10 Å². The Hall–Kier alpha value is -3.08. The fourth-order valence-corrected chi connectivity index (χ4v) is 2.36. The van der Waals surface area contributed by atoms with Gasteiger partial charge in [-0.05, 0) is 29.8 Å². The summed E-state index contributed by atoms with van der Waals surface area (Å²) in [6.45, 7) is 0.771. The summed E-state index contributed by atoms with van der Waals surface area (Å²) in [5.74, 6) is 0.749. The Bertz CT molecular complexity index is 898. The summed E-state index contributed by atoms with van der Waals surface area (Å²) in [7, 11) is 1.61. The van der Waals surface area contributed by atoms with Gasteiger partial charge in [0.15, 0.2) is 0 Å². The minimum atomic E-state index is -0.100. The third-order valence-corrected chi connectivity index (χ3v) is 3.61. The third kappa shape index (κ3) is 3.63. The molecule has 0 atom stereocenters. The highest BCUT2D eigenvalue weighted by atomic mass is 16.5. The van der Waals surface area contributed by atoms with E-state index < -0.39 is 0 Å². The maximum absolute atomic E-state index is 12.3. The van der Waals surface area contributed by atoms with Crippen molar-refractivity contribution in [1.29, 1.82) is 0 Å². The van der Waals surface area contributed by atoms with Crippen molar-refractivity contribution >= 4 is 16.8 Å². The largest absolute Gasteiger partial charge is 0.504 e. The zero-order valence-corrected chi connectivity index (χ0v) is 13.4. The van der Waals surface area contributed by atoms with Crippen LogP contribution in [0.2, 0.25) is 0 Å². The van der Waals surface area contributed by atoms with Crippen molar-refractivity contribution < 1.29 is 9.47 Å². The number of nitrogens with zero attached hydrogens (tertiary/aromatic N) is 2. The van der Waals surface area contributed by atoms with E-state index in [0.717, 1.165) is 16.7 Å². The van der Waals surface area contributed by atoms with Gasteiger partial charge in [-0.1, -0.05) is 30.3 Å². The predicted octanol–water partition coefficient (Wildman–Crippen LogP) is 3.09. The number of aromatic nitrogens is 2. The lowest BCUT2D eigenvalue weighted by molar-refractivity contribution is 0.288. The average Bonchev–Trinajstić information content (AvgIpc) is 2.63. The first kappa shape index (κ1) is 15.8. The lowest BCUT2D eigenvalue weighted by Gasteiger charge is -2.08. The standard InChI is InChI=1S/C19H18N2O3/c1-23-12-10-15-6-8-17(9-7-15)24-13-11-21-19(22)18-5-3-2-4-16(18)14-20-21/h2-10,12,14H,11,13H2,1H3/b12-10+. The lowest BCUT2D eigenvalue weighted by Crippen LogP contribution is -2.25. The van der Waals surface area contributed by atoms with Crippen LogP contribution >= 0.6 is 0 Å². The third-order valence-electron chi connectivity index (χ3n) is 3.61. The van der Waals surface area contributed by atoms with Crippen LogP contribution in [-0.2, 0) is 11.3 Å². The molecule has 24 heavy (non-hydrogen) atoms. The van der Waals surface area contributed by atoms with E-state index in [4.69, 9.17) is 9.47 Å². The van der Waals surface area contributed by atoms with Gasteiger partial charge in [0.2, 0.25) is 0 Å². The van der Waals surface area contributed by atoms with Crippen molar-refractivity contribution in [3.8, 4) is 5.75 Å². The minimum Gasteiger partial charge on any atom is -0.504 e. The summed E-state index contributed by atoms with van der Waals surface area (Å²) >= 11 is 0. The fourth-order valence-electron chi connectivity index (χ4n) is 2.36. The van der Waals surface area contributed by atoms with Gasteiger partial charge in [0.1, 0.15) is 12.4 Å². The second kappa shape index (κ2) is 7.46. The molecule has 5 heteroatoms. The summed E-state index contributed by atoms with van der Waals surface area (Å²) in [5, 5.41) is 5.70. The molecule has 5 nitrogen and oxygen atoms in total. The van der Waals surface area contributed by atoms with Crippen LogP contribution < -0.4 is 10.3 Å². The van der Waals surface area contributed by atoms with Gasteiger partial charge in [-0.3, -0.25) is 4.79 Å². The molecule has 0 N–H and O–H groups in total. The van der Waals surface area contributed by atoms with Crippen LogP contribution in [0.25, 0.3) is 16.8 Å². The van der Waals surface area contributed by atoms with Gasteiger partial charge in [0, 0.05) is 5.39 Å². The topological polar surface area (TPSA) is 53.4 Å². The summed E-state index contributed by atoms with van der Waals surface area (Å²) in [5.41, 5.74) is 0.924. The van der Waals surface area contributed by atoms with Crippen LogP contribution in [0.3, 0.4) is 0 Å². The van der Waals surface area contributed by atoms with Gasteiger partial charge < -0.3 is 9.47 Å². The first-order valence-corrected chi connectivity index (χ1v) is 7.65. The van der Waals surface area contributed by atoms with Crippen molar-refractivity contribution in [3.63, 3.8) is 0 Å².